The average molecular weight is 316 g/mol. The molecule has 0 aliphatic carbocycles. The fourth-order valence-corrected chi connectivity index (χ4v) is 3.16. The van der Waals surface area contributed by atoms with Crippen LogP contribution in [0.4, 0.5) is 10.1 Å². The van der Waals surface area contributed by atoms with Gasteiger partial charge in [0.15, 0.2) is 4.32 Å². The first-order valence-electron chi connectivity index (χ1n) is 6.10. The molecule has 0 spiro atoms. The van der Waals surface area contributed by atoms with Crippen molar-refractivity contribution >= 4 is 46.0 Å². The summed E-state index contributed by atoms with van der Waals surface area (Å²) >= 11 is 6.45. The predicted octanol–water partition coefficient (Wildman–Crippen LogP) is 3.63. The Balaban J connectivity index is 1.92. The molecule has 1 aromatic carbocycles. The normalized spacial score (nSPS) is 16.8. The lowest BCUT2D eigenvalue weighted by Gasteiger charge is -2.14. The molecule has 6 heteroatoms. The molecule has 0 radical (unpaired) electrons. The molecule has 3 nitrogen and oxygen atoms in total. The minimum absolute atomic E-state index is 0.220. The number of nitrogens with zero attached hydrogens (tertiary/aromatic N) is 2. The Labute approximate surface area is 130 Å². The second kappa shape index (κ2) is 5.75. The van der Waals surface area contributed by atoms with Crippen molar-refractivity contribution in [2.24, 2.45) is 0 Å². The van der Waals surface area contributed by atoms with Crippen molar-refractivity contribution in [2.45, 2.75) is 0 Å². The van der Waals surface area contributed by atoms with Crippen LogP contribution in [0.1, 0.15) is 5.69 Å². The van der Waals surface area contributed by atoms with E-state index in [1.165, 1.54) is 40.9 Å². The highest BCUT2D eigenvalue weighted by molar-refractivity contribution is 8.27. The Hall–Kier alpha value is -2.05. The summed E-state index contributed by atoms with van der Waals surface area (Å²) in [6, 6.07) is 11.1. The van der Waals surface area contributed by atoms with E-state index in [0.29, 0.717) is 20.6 Å². The van der Waals surface area contributed by atoms with Crippen LogP contribution < -0.4 is 4.90 Å². The van der Waals surface area contributed by atoms with Crippen molar-refractivity contribution in [3.05, 3.63) is 65.1 Å². The van der Waals surface area contributed by atoms with E-state index in [0.717, 1.165) is 0 Å². The van der Waals surface area contributed by atoms with E-state index >= 15 is 0 Å². The van der Waals surface area contributed by atoms with Crippen LogP contribution in [0.2, 0.25) is 0 Å². The van der Waals surface area contributed by atoms with E-state index < -0.39 is 0 Å². The molecular formula is C15H9FN2OS2. The third kappa shape index (κ3) is 2.86. The number of anilines is 1. The van der Waals surface area contributed by atoms with Crippen LogP contribution in [0.25, 0.3) is 6.08 Å². The van der Waals surface area contributed by atoms with Gasteiger partial charge < -0.3 is 0 Å². The minimum atomic E-state index is -0.354. The Morgan fingerprint density at radius 2 is 1.95 bits per heavy atom. The lowest BCUT2D eigenvalue weighted by Crippen LogP contribution is -2.27. The largest absolute Gasteiger partial charge is 0.270 e. The van der Waals surface area contributed by atoms with Gasteiger partial charge in [-0.3, -0.25) is 14.7 Å². The van der Waals surface area contributed by atoms with Gasteiger partial charge in [-0.05, 0) is 42.5 Å². The predicted molar refractivity (Wildman–Crippen MR) is 86.3 cm³/mol. The van der Waals surface area contributed by atoms with Crippen molar-refractivity contribution in [3.8, 4) is 0 Å². The highest BCUT2D eigenvalue weighted by Crippen LogP contribution is 2.35. The maximum atomic E-state index is 13.0. The molecule has 2 aromatic rings. The number of rotatable bonds is 2. The van der Waals surface area contributed by atoms with E-state index in [9.17, 15) is 9.18 Å². The van der Waals surface area contributed by atoms with Crippen LogP contribution in [-0.4, -0.2) is 15.2 Å². The number of pyridine rings is 1. The summed E-state index contributed by atoms with van der Waals surface area (Å²) < 4.78 is 13.4. The molecule has 104 valence electrons. The van der Waals surface area contributed by atoms with Crippen LogP contribution >= 0.6 is 24.0 Å². The van der Waals surface area contributed by atoms with Crippen LogP contribution in [0.15, 0.2) is 53.6 Å². The van der Waals surface area contributed by atoms with E-state index in [1.807, 2.05) is 12.1 Å². The number of halogens is 1. The first-order valence-corrected chi connectivity index (χ1v) is 7.32. The molecule has 1 aliphatic heterocycles. The van der Waals surface area contributed by atoms with Gasteiger partial charge in [0.2, 0.25) is 0 Å². The molecule has 1 aliphatic rings. The maximum Gasteiger partial charge on any atom is 0.270 e. The van der Waals surface area contributed by atoms with Crippen molar-refractivity contribution in [1.82, 2.24) is 4.98 Å². The van der Waals surface area contributed by atoms with Crippen LogP contribution in [0.3, 0.4) is 0 Å². The quantitative estimate of drug-likeness (QED) is 0.626. The minimum Gasteiger partial charge on any atom is -0.268 e. The van der Waals surface area contributed by atoms with Gasteiger partial charge in [0.1, 0.15) is 5.82 Å². The summed E-state index contributed by atoms with van der Waals surface area (Å²) in [4.78, 5) is 18.5. The molecule has 0 bridgehead atoms. The number of benzene rings is 1. The maximum absolute atomic E-state index is 13.0. The molecule has 0 N–H and O–H groups in total. The van der Waals surface area contributed by atoms with Gasteiger partial charge in [-0.2, -0.15) is 0 Å². The lowest BCUT2D eigenvalue weighted by atomic mass is 10.2. The van der Waals surface area contributed by atoms with Gasteiger partial charge in [0.25, 0.3) is 5.91 Å². The van der Waals surface area contributed by atoms with Gasteiger partial charge in [-0.15, -0.1) is 0 Å². The monoisotopic (exact) mass is 316 g/mol. The summed E-state index contributed by atoms with van der Waals surface area (Å²) in [5, 5.41) is 0. The summed E-state index contributed by atoms with van der Waals surface area (Å²) in [6.07, 6.45) is 3.36. The molecule has 1 fully saturated rings. The molecule has 21 heavy (non-hydrogen) atoms. The number of hydrogen-bond donors (Lipinski definition) is 0. The van der Waals surface area contributed by atoms with Crippen molar-refractivity contribution < 1.29 is 9.18 Å². The summed E-state index contributed by atoms with van der Waals surface area (Å²) in [6.45, 7) is 0. The number of thiocarbonyl (C=S) groups is 1. The molecule has 0 atom stereocenters. The number of carbonyl (C=O) groups excluding carboxylic acids is 1. The van der Waals surface area contributed by atoms with Gasteiger partial charge in [-0.1, -0.05) is 30.0 Å². The van der Waals surface area contributed by atoms with E-state index in [-0.39, 0.29) is 11.7 Å². The average Bonchev–Trinajstić information content (AvgIpc) is 2.76. The van der Waals surface area contributed by atoms with Crippen molar-refractivity contribution in [3.63, 3.8) is 0 Å². The second-order valence-corrected chi connectivity index (χ2v) is 5.92. The van der Waals surface area contributed by atoms with E-state index in [4.69, 9.17) is 12.2 Å². The van der Waals surface area contributed by atoms with Crippen molar-refractivity contribution in [1.29, 1.82) is 0 Å². The summed E-state index contributed by atoms with van der Waals surface area (Å²) in [5.74, 6) is -0.574. The van der Waals surface area contributed by atoms with E-state index in [1.54, 1.807) is 18.3 Å². The number of thioether (sulfide) groups is 1. The summed E-state index contributed by atoms with van der Waals surface area (Å²) in [7, 11) is 0. The zero-order valence-electron chi connectivity index (χ0n) is 10.7. The Kier molecular flexibility index (Phi) is 3.81. The smallest absolute Gasteiger partial charge is 0.268 e. The third-order valence-electron chi connectivity index (χ3n) is 2.85. The SMILES string of the molecule is O=C1C(=Cc2ccccn2)SC(=S)N1c1ccc(F)cc1. The summed E-state index contributed by atoms with van der Waals surface area (Å²) in [5.41, 5.74) is 1.25. The molecule has 1 saturated heterocycles. The molecule has 1 amide bonds. The molecular weight excluding hydrogens is 307 g/mol. The fourth-order valence-electron chi connectivity index (χ4n) is 1.88. The standard InChI is InChI=1S/C15H9FN2OS2/c16-10-4-6-12(7-5-10)18-14(19)13(21-15(18)20)9-11-3-1-2-8-17-11/h1-9H. The lowest BCUT2D eigenvalue weighted by molar-refractivity contribution is -0.113. The van der Waals surface area contributed by atoms with Gasteiger partial charge in [-0.25, -0.2) is 4.39 Å². The second-order valence-electron chi connectivity index (χ2n) is 4.25. The van der Waals surface area contributed by atoms with E-state index in [2.05, 4.69) is 4.98 Å². The van der Waals surface area contributed by atoms with Gasteiger partial charge in [0.05, 0.1) is 16.3 Å². The first-order chi connectivity index (χ1) is 10.1. The van der Waals surface area contributed by atoms with Crippen LogP contribution in [-0.2, 0) is 4.79 Å². The van der Waals surface area contributed by atoms with Gasteiger partial charge >= 0.3 is 0 Å². The molecule has 0 saturated carbocycles. The molecule has 2 heterocycles. The fraction of sp³-hybridized carbons (Fsp3) is 0. The first kappa shape index (κ1) is 13.9. The third-order valence-corrected chi connectivity index (χ3v) is 4.15. The molecule has 0 unspecified atom stereocenters. The zero-order chi connectivity index (χ0) is 14.8. The Morgan fingerprint density at radius 1 is 1.19 bits per heavy atom. The number of aromatic nitrogens is 1. The van der Waals surface area contributed by atoms with Crippen molar-refractivity contribution in [2.75, 3.05) is 4.90 Å². The van der Waals surface area contributed by atoms with Crippen LogP contribution in [0, 0.1) is 5.82 Å². The zero-order valence-corrected chi connectivity index (χ0v) is 12.3. The number of carbonyl (C=O) groups is 1. The molecule has 3 rings (SSSR count). The van der Waals surface area contributed by atoms with Crippen LogP contribution in [0.5, 0.6) is 0 Å². The highest BCUT2D eigenvalue weighted by Gasteiger charge is 2.33. The molecule has 1 aromatic heterocycles. The Bertz CT molecular complexity index is 729. The van der Waals surface area contributed by atoms with Gasteiger partial charge in [0, 0.05) is 6.20 Å². The topological polar surface area (TPSA) is 33.2 Å². The number of amides is 1. The Morgan fingerprint density at radius 3 is 2.62 bits per heavy atom. The number of hydrogen-bond acceptors (Lipinski definition) is 4. The highest BCUT2D eigenvalue weighted by atomic mass is 32.2.